The second-order valence-corrected chi connectivity index (χ2v) is 4.31. The third kappa shape index (κ3) is 8.05. The first-order valence-electron chi connectivity index (χ1n) is 5.56. The minimum Gasteiger partial charge on any atom is -0.411 e. The van der Waals surface area contributed by atoms with E-state index in [1.165, 1.54) is 38.3 Å². The Morgan fingerprint density at radius 1 is 1.21 bits per heavy atom. The van der Waals surface area contributed by atoms with Crippen molar-refractivity contribution < 1.29 is 5.21 Å². The highest BCUT2D eigenvalue weighted by Crippen LogP contribution is 2.03. The summed E-state index contributed by atoms with van der Waals surface area (Å²) in [6.07, 6.45) is 7.96. The lowest BCUT2D eigenvalue weighted by Crippen LogP contribution is -2.41. The van der Waals surface area contributed by atoms with Gasteiger partial charge in [-0.15, -0.1) is 5.16 Å². The quantitative estimate of drug-likeness (QED) is 0.274. The Morgan fingerprint density at radius 3 is 2.43 bits per heavy atom. The molecule has 0 aliphatic heterocycles. The van der Waals surface area contributed by atoms with E-state index in [0.717, 1.165) is 6.54 Å². The van der Waals surface area contributed by atoms with Gasteiger partial charge in [-0.2, -0.15) is 0 Å². The number of unbranched alkanes of at least 4 members (excludes halogenated alkanes) is 4. The summed E-state index contributed by atoms with van der Waals surface area (Å²) in [5.41, 5.74) is -0.195. The minimum absolute atomic E-state index is 0.195. The van der Waals surface area contributed by atoms with Crippen LogP contribution in [0, 0.1) is 0 Å². The molecular weight excluding hydrogens is 176 g/mol. The van der Waals surface area contributed by atoms with Gasteiger partial charge in [0, 0.05) is 0 Å². The van der Waals surface area contributed by atoms with Crippen molar-refractivity contribution in [3.8, 4) is 0 Å². The van der Waals surface area contributed by atoms with Gasteiger partial charge < -0.3 is 10.5 Å². The van der Waals surface area contributed by atoms with Gasteiger partial charge in [0.2, 0.25) is 0 Å². The fraction of sp³-hybridized carbons (Fsp3) is 0.909. The second-order valence-electron chi connectivity index (χ2n) is 4.31. The summed E-state index contributed by atoms with van der Waals surface area (Å²) in [7, 11) is 0. The Balaban J connectivity index is 3.35. The number of hydrogen-bond acceptors (Lipinski definition) is 3. The molecule has 0 aliphatic rings. The third-order valence-corrected chi connectivity index (χ3v) is 2.24. The normalized spacial score (nSPS) is 12.5. The van der Waals surface area contributed by atoms with Gasteiger partial charge in [-0.1, -0.05) is 32.6 Å². The molecule has 84 valence electrons. The molecule has 0 unspecified atom stereocenters. The van der Waals surface area contributed by atoms with E-state index in [1.807, 2.05) is 13.8 Å². The minimum atomic E-state index is -0.195. The maximum Gasteiger partial charge on any atom is 0.0631 e. The van der Waals surface area contributed by atoms with Crippen LogP contribution < -0.4 is 5.32 Å². The molecule has 0 rings (SSSR count). The van der Waals surface area contributed by atoms with Gasteiger partial charge >= 0.3 is 0 Å². The highest BCUT2D eigenvalue weighted by atomic mass is 16.4. The van der Waals surface area contributed by atoms with Gasteiger partial charge in [-0.05, 0) is 26.8 Å². The second kappa shape index (κ2) is 7.80. The lowest BCUT2D eigenvalue weighted by Gasteiger charge is -2.20. The molecule has 2 N–H and O–H groups in total. The van der Waals surface area contributed by atoms with Crippen LogP contribution in [0.15, 0.2) is 5.16 Å². The molecule has 0 spiro atoms. The largest absolute Gasteiger partial charge is 0.411 e. The number of oxime groups is 1. The predicted octanol–water partition coefficient (Wildman–Crippen LogP) is 2.79. The summed E-state index contributed by atoms with van der Waals surface area (Å²) in [6.45, 7) is 7.21. The molecule has 3 heteroatoms. The van der Waals surface area contributed by atoms with E-state index in [-0.39, 0.29) is 5.54 Å². The SMILES string of the molecule is CCCCCCCNC(C)(C)C=NO. The average Bonchev–Trinajstić information content (AvgIpc) is 2.11. The zero-order chi connectivity index (χ0) is 10.9. The summed E-state index contributed by atoms with van der Waals surface area (Å²) < 4.78 is 0. The zero-order valence-corrected chi connectivity index (χ0v) is 9.71. The van der Waals surface area contributed by atoms with Gasteiger partial charge in [-0.25, -0.2) is 0 Å². The molecule has 0 fully saturated rings. The van der Waals surface area contributed by atoms with Crippen molar-refractivity contribution in [3.63, 3.8) is 0 Å². The molecule has 0 heterocycles. The molecule has 0 aromatic rings. The fourth-order valence-electron chi connectivity index (χ4n) is 1.33. The summed E-state index contributed by atoms with van der Waals surface area (Å²) in [5, 5.41) is 14.8. The smallest absolute Gasteiger partial charge is 0.0631 e. The van der Waals surface area contributed by atoms with Crippen LogP contribution in [-0.4, -0.2) is 23.5 Å². The van der Waals surface area contributed by atoms with Crippen molar-refractivity contribution >= 4 is 6.21 Å². The van der Waals surface area contributed by atoms with E-state index in [1.54, 1.807) is 0 Å². The van der Waals surface area contributed by atoms with Crippen LogP contribution in [0.4, 0.5) is 0 Å². The summed E-state index contributed by atoms with van der Waals surface area (Å²) in [4.78, 5) is 0. The molecule has 0 aromatic carbocycles. The Morgan fingerprint density at radius 2 is 1.86 bits per heavy atom. The van der Waals surface area contributed by atoms with Crippen molar-refractivity contribution in [2.24, 2.45) is 5.16 Å². The van der Waals surface area contributed by atoms with Crippen LogP contribution in [0.2, 0.25) is 0 Å². The lowest BCUT2D eigenvalue weighted by molar-refractivity contribution is 0.315. The van der Waals surface area contributed by atoms with Crippen LogP contribution >= 0.6 is 0 Å². The lowest BCUT2D eigenvalue weighted by atomic mass is 10.1. The Hall–Kier alpha value is -0.570. The molecule has 0 aromatic heterocycles. The van der Waals surface area contributed by atoms with Gasteiger partial charge in [-0.3, -0.25) is 0 Å². The van der Waals surface area contributed by atoms with E-state index in [2.05, 4.69) is 17.4 Å². The average molecular weight is 200 g/mol. The van der Waals surface area contributed by atoms with Crippen molar-refractivity contribution in [1.29, 1.82) is 0 Å². The van der Waals surface area contributed by atoms with Gasteiger partial charge in [0.05, 0.1) is 11.8 Å². The van der Waals surface area contributed by atoms with Gasteiger partial charge in [0.25, 0.3) is 0 Å². The number of nitrogens with one attached hydrogen (secondary N) is 1. The first-order valence-corrected chi connectivity index (χ1v) is 5.56. The van der Waals surface area contributed by atoms with Crippen LogP contribution in [-0.2, 0) is 0 Å². The topological polar surface area (TPSA) is 44.6 Å². The Kier molecular flexibility index (Phi) is 7.48. The Labute approximate surface area is 87.6 Å². The van der Waals surface area contributed by atoms with E-state index in [0.29, 0.717) is 0 Å². The molecule has 0 atom stereocenters. The monoisotopic (exact) mass is 200 g/mol. The molecule has 0 bridgehead atoms. The van der Waals surface area contributed by atoms with E-state index in [9.17, 15) is 0 Å². The number of hydrogen-bond donors (Lipinski definition) is 2. The molecule has 0 amide bonds. The summed E-state index contributed by atoms with van der Waals surface area (Å²) in [5.74, 6) is 0. The molecule has 0 saturated heterocycles. The Bertz CT molecular complexity index is 155. The maximum absolute atomic E-state index is 8.40. The maximum atomic E-state index is 8.40. The van der Waals surface area contributed by atoms with Gasteiger partial charge in [0.15, 0.2) is 0 Å². The van der Waals surface area contributed by atoms with Crippen LogP contribution in [0.25, 0.3) is 0 Å². The standard InChI is InChI=1S/C11H24N2O/c1-4-5-6-7-8-9-12-11(2,3)10-13-14/h10,12,14H,4-9H2,1-3H3. The molecule has 0 aliphatic carbocycles. The zero-order valence-electron chi connectivity index (χ0n) is 9.71. The summed E-state index contributed by atoms with van der Waals surface area (Å²) in [6, 6.07) is 0. The molecule has 14 heavy (non-hydrogen) atoms. The van der Waals surface area contributed by atoms with Crippen molar-refractivity contribution in [3.05, 3.63) is 0 Å². The van der Waals surface area contributed by atoms with E-state index in [4.69, 9.17) is 5.21 Å². The van der Waals surface area contributed by atoms with Crippen LogP contribution in [0.1, 0.15) is 52.9 Å². The van der Waals surface area contributed by atoms with Crippen molar-refractivity contribution in [2.75, 3.05) is 6.54 Å². The summed E-state index contributed by atoms with van der Waals surface area (Å²) >= 11 is 0. The molecular formula is C11H24N2O. The van der Waals surface area contributed by atoms with Crippen molar-refractivity contribution in [2.45, 2.75) is 58.4 Å². The highest BCUT2D eigenvalue weighted by Gasteiger charge is 2.12. The number of rotatable bonds is 8. The fourth-order valence-corrected chi connectivity index (χ4v) is 1.33. The third-order valence-electron chi connectivity index (χ3n) is 2.24. The van der Waals surface area contributed by atoms with Crippen molar-refractivity contribution in [1.82, 2.24) is 5.32 Å². The van der Waals surface area contributed by atoms with E-state index >= 15 is 0 Å². The molecule has 0 radical (unpaired) electrons. The van der Waals surface area contributed by atoms with E-state index < -0.39 is 0 Å². The first kappa shape index (κ1) is 13.4. The van der Waals surface area contributed by atoms with Gasteiger partial charge in [0.1, 0.15) is 0 Å². The number of nitrogens with zero attached hydrogens (tertiary/aromatic N) is 1. The van der Waals surface area contributed by atoms with Crippen LogP contribution in [0.5, 0.6) is 0 Å². The highest BCUT2D eigenvalue weighted by molar-refractivity contribution is 5.68. The molecule has 3 nitrogen and oxygen atoms in total. The first-order chi connectivity index (χ1) is 6.62. The predicted molar refractivity (Wildman–Crippen MR) is 61.1 cm³/mol. The molecule has 0 saturated carbocycles. The van der Waals surface area contributed by atoms with Crippen LogP contribution in [0.3, 0.4) is 0 Å².